The summed E-state index contributed by atoms with van der Waals surface area (Å²) in [4.78, 5) is -0.0207. The number of ether oxygens (including phenoxy) is 1. The Morgan fingerprint density at radius 3 is 1.89 bits per heavy atom. The molecule has 0 unspecified atom stereocenters. The molecule has 0 aromatic heterocycles. The summed E-state index contributed by atoms with van der Waals surface area (Å²) in [5.41, 5.74) is 0. The van der Waals surface area contributed by atoms with E-state index in [0.717, 1.165) is 18.1 Å². The van der Waals surface area contributed by atoms with Gasteiger partial charge in [0.15, 0.2) is 0 Å². The Labute approximate surface area is 135 Å². The predicted molar refractivity (Wildman–Crippen MR) is 97.1 cm³/mol. The van der Waals surface area contributed by atoms with Gasteiger partial charge in [0, 0.05) is 6.61 Å². The predicted octanol–water partition coefficient (Wildman–Crippen LogP) is 5.45. The maximum atomic E-state index is 5.97. The van der Waals surface area contributed by atoms with E-state index >= 15 is 0 Å². The van der Waals surface area contributed by atoms with E-state index in [-0.39, 0.29) is 4.93 Å². The Morgan fingerprint density at radius 1 is 0.789 bits per heavy atom. The molecule has 116 valence electrons. The van der Waals surface area contributed by atoms with Gasteiger partial charge < -0.3 is 4.74 Å². The first-order valence-electron chi connectivity index (χ1n) is 7.62. The molecule has 0 aliphatic rings. The Morgan fingerprint density at radius 2 is 1.32 bits per heavy atom. The third-order valence-electron chi connectivity index (χ3n) is 3.00. The largest absolute Gasteiger partial charge is 0.365 e. The summed E-state index contributed by atoms with van der Waals surface area (Å²) in [5, 5.41) is 0. The van der Waals surface area contributed by atoms with E-state index in [2.05, 4.69) is 39.1 Å². The van der Waals surface area contributed by atoms with Crippen LogP contribution < -0.4 is 0 Å². The number of thioether (sulfide) groups is 1. The molecule has 0 aliphatic heterocycles. The Balaban J connectivity index is 3.36. The maximum absolute atomic E-state index is 5.97. The van der Waals surface area contributed by atoms with Crippen molar-refractivity contribution in [1.82, 2.24) is 0 Å². The van der Waals surface area contributed by atoms with Gasteiger partial charge in [0.2, 0.25) is 0 Å². The Bertz CT molecular complexity index is 168. The van der Waals surface area contributed by atoms with Gasteiger partial charge in [-0.3, -0.25) is 0 Å². The van der Waals surface area contributed by atoms with E-state index < -0.39 is 0 Å². The summed E-state index contributed by atoms with van der Waals surface area (Å²) in [5.74, 6) is 3.24. The molecule has 0 spiro atoms. The second-order valence-electron chi connectivity index (χ2n) is 5.37. The number of unbranched alkanes of at least 4 members (excludes halogenated alkanes) is 6. The lowest BCUT2D eigenvalue weighted by Crippen LogP contribution is -2.21. The fourth-order valence-corrected chi connectivity index (χ4v) is 3.27. The van der Waals surface area contributed by atoms with E-state index in [1.807, 2.05) is 11.8 Å². The van der Waals surface area contributed by atoms with E-state index in [4.69, 9.17) is 4.74 Å². The second kappa shape index (κ2) is 14.0. The zero-order valence-corrected chi connectivity index (χ0v) is 15.3. The molecular formula is C15H32OS3. The number of thiol groups is 2. The van der Waals surface area contributed by atoms with Crippen molar-refractivity contribution >= 4 is 37.0 Å². The lowest BCUT2D eigenvalue weighted by molar-refractivity contribution is 0.0498. The summed E-state index contributed by atoms with van der Waals surface area (Å²) in [6, 6.07) is 0. The van der Waals surface area contributed by atoms with Crippen molar-refractivity contribution < 1.29 is 4.74 Å². The van der Waals surface area contributed by atoms with Crippen LogP contribution in [0.4, 0.5) is 0 Å². The first kappa shape index (κ1) is 20.0. The fourth-order valence-electron chi connectivity index (χ4n) is 1.81. The lowest BCUT2D eigenvalue weighted by Gasteiger charge is -2.24. The van der Waals surface area contributed by atoms with E-state index in [1.54, 1.807) is 0 Å². The summed E-state index contributed by atoms with van der Waals surface area (Å²) in [6.45, 7) is 5.28. The first-order valence-corrected chi connectivity index (χ1v) is 9.87. The van der Waals surface area contributed by atoms with Crippen molar-refractivity contribution in [2.45, 2.75) is 70.1 Å². The van der Waals surface area contributed by atoms with Gasteiger partial charge in [-0.15, -0.1) is 11.8 Å². The van der Waals surface area contributed by atoms with Crippen LogP contribution in [-0.2, 0) is 4.74 Å². The highest BCUT2D eigenvalue weighted by Gasteiger charge is 2.17. The van der Waals surface area contributed by atoms with Gasteiger partial charge in [-0.25, -0.2) is 0 Å². The molecule has 1 nitrogen and oxygen atoms in total. The third-order valence-corrected chi connectivity index (χ3v) is 4.94. The molecule has 0 aromatic carbocycles. The summed E-state index contributed by atoms with van der Waals surface area (Å²) >= 11 is 10.4. The number of rotatable bonds is 14. The van der Waals surface area contributed by atoms with Gasteiger partial charge in [0.1, 0.15) is 4.93 Å². The molecular weight excluding hydrogens is 292 g/mol. The topological polar surface area (TPSA) is 9.23 Å². The average molecular weight is 325 g/mol. The molecule has 0 radical (unpaired) electrons. The first-order chi connectivity index (χ1) is 9.12. The van der Waals surface area contributed by atoms with Crippen LogP contribution in [0.25, 0.3) is 0 Å². The van der Waals surface area contributed by atoms with E-state index in [1.165, 1.54) is 57.1 Å². The molecule has 0 aromatic rings. The van der Waals surface area contributed by atoms with E-state index in [0.29, 0.717) is 0 Å². The van der Waals surface area contributed by atoms with Crippen molar-refractivity contribution in [3.63, 3.8) is 0 Å². The zero-order valence-electron chi connectivity index (χ0n) is 12.7. The van der Waals surface area contributed by atoms with Crippen LogP contribution in [0.3, 0.4) is 0 Å². The van der Waals surface area contributed by atoms with Crippen LogP contribution in [0.1, 0.15) is 65.2 Å². The molecule has 0 amide bonds. The molecule has 0 heterocycles. The van der Waals surface area contributed by atoms with E-state index in [9.17, 15) is 0 Å². The summed E-state index contributed by atoms with van der Waals surface area (Å²) in [7, 11) is 0. The minimum atomic E-state index is -0.0207. The highest BCUT2D eigenvalue weighted by atomic mass is 32.2. The number of hydrogen-bond donors (Lipinski definition) is 2. The third kappa shape index (κ3) is 15.2. The molecule has 19 heavy (non-hydrogen) atoms. The van der Waals surface area contributed by atoms with Gasteiger partial charge in [-0.2, -0.15) is 25.3 Å². The molecule has 0 saturated carbocycles. The second-order valence-corrected chi connectivity index (χ2v) is 7.95. The minimum absolute atomic E-state index is 0.0207. The number of hydrogen-bond acceptors (Lipinski definition) is 4. The monoisotopic (exact) mass is 324 g/mol. The molecule has 0 aliphatic carbocycles. The summed E-state index contributed by atoms with van der Waals surface area (Å²) in [6.07, 6.45) is 10.2. The highest BCUT2D eigenvalue weighted by Crippen LogP contribution is 2.27. The van der Waals surface area contributed by atoms with Crippen LogP contribution in [0.2, 0.25) is 0 Å². The van der Waals surface area contributed by atoms with Gasteiger partial charge in [-0.05, 0) is 56.8 Å². The Kier molecular flexibility index (Phi) is 14.7. The van der Waals surface area contributed by atoms with Crippen LogP contribution >= 0.6 is 37.0 Å². The van der Waals surface area contributed by atoms with Gasteiger partial charge in [0.05, 0.1) is 0 Å². The van der Waals surface area contributed by atoms with Crippen molar-refractivity contribution in [2.75, 3.05) is 23.9 Å². The lowest BCUT2D eigenvalue weighted by atomic mass is 10.2. The van der Waals surface area contributed by atoms with Gasteiger partial charge in [-0.1, -0.05) is 25.7 Å². The normalized spacial score (nSPS) is 12.0. The SMILES string of the molecule is CC(C)(OCCCCCCS)SCCCCCCS. The average Bonchev–Trinajstić information content (AvgIpc) is 2.38. The molecule has 4 heteroatoms. The summed E-state index contributed by atoms with van der Waals surface area (Å²) < 4.78 is 5.97. The van der Waals surface area contributed by atoms with Crippen molar-refractivity contribution in [3.05, 3.63) is 0 Å². The quantitative estimate of drug-likeness (QED) is 0.250. The zero-order chi connectivity index (χ0) is 14.4. The van der Waals surface area contributed by atoms with Crippen LogP contribution in [-0.4, -0.2) is 28.8 Å². The standard InChI is InChI=1S/C15H32OS3/c1-15(2,16-11-7-3-4-8-12-17)19-14-10-6-5-9-13-18/h17-18H,3-14H2,1-2H3. The van der Waals surface area contributed by atoms with Crippen molar-refractivity contribution in [3.8, 4) is 0 Å². The maximum Gasteiger partial charge on any atom is 0.108 e. The molecule has 0 atom stereocenters. The highest BCUT2D eigenvalue weighted by molar-refractivity contribution is 8.00. The van der Waals surface area contributed by atoms with Crippen molar-refractivity contribution in [1.29, 1.82) is 0 Å². The van der Waals surface area contributed by atoms with Gasteiger partial charge >= 0.3 is 0 Å². The van der Waals surface area contributed by atoms with Gasteiger partial charge in [0.25, 0.3) is 0 Å². The molecule has 0 fully saturated rings. The molecule has 0 rings (SSSR count). The van der Waals surface area contributed by atoms with Crippen LogP contribution in [0.5, 0.6) is 0 Å². The fraction of sp³-hybridized carbons (Fsp3) is 1.00. The molecule has 0 bridgehead atoms. The molecule has 0 N–H and O–H groups in total. The minimum Gasteiger partial charge on any atom is -0.365 e. The smallest absolute Gasteiger partial charge is 0.108 e. The van der Waals surface area contributed by atoms with Crippen LogP contribution in [0, 0.1) is 0 Å². The molecule has 0 saturated heterocycles. The van der Waals surface area contributed by atoms with Crippen molar-refractivity contribution in [2.24, 2.45) is 0 Å². The van der Waals surface area contributed by atoms with Crippen LogP contribution in [0.15, 0.2) is 0 Å². The Hall–Kier alpha value is 1.01.